The Labute approximate surface area is 94.0 Å². The molecule has 0 radical (unpaired) electrons. The van der Waals surface area contributed by atoms with Crippen LogP contribution in [0.3, 0.4) is 0 Å². The molecule has 1 heterocycles. The van der Waals surface area contributed by atoms with Crippen molar-refractivity contribution in [3.05, 3.63) is 9.98 Å². The average Bonchev–Trinajstić information content (AvgIpc) is 2.35. The first-order valence-electron chi connectivity index (χ1n) is 3.39. The second kappa shape index (κ2) is 4.31. The predicted octanol–water partition coefficient (Wildman–Crippen LogP) is 4.02. The Hall–Kier alpha value is 0.750. The van der Waals surface area contributed by atoms with E-state index in [9.17, 15) is 0 Å². The van der Waals surface area contributed by atoms with Crippen LogP contribution in [0.4, 0.5) is 0 Å². The molecule has 1 aromatic rings. The monoisotopic (exact) mass is 285 g/mol. The molecule has 0 saturated heterocycles. The van der Waals surface area contributed by atoms with E-state index in [1.54, 1.807) is 23.1 Å². The third kappa shape index (κ3) is 3.24. The molecule has 0 aliphatic heterocycles. The fourth-order valence-electron chi connectivity index (χ4n) is 0.549. The molecule has 68 valence electrons. The van der Waals surface area contributed by atoms with Gasteiger partial charge >= 0.3 is 0 Å². The summed E-state index contributed by atoms with van der Waals surface area (Å²) in [6, 6.07) is 0. The molecule has 0 saturated carbocycles. The number of thiazole rings is 1. The summed E-state index contributed by atoms with van der Waals surface area (Å²) in [5, 5.41) is 1.98. The number of halogens is 2. The van der Waals surface area contributed by atoms with Crippen molar-refractivity contribution in [3.8, 4) is 0 Å². The Morgan fingerprint density at radius 2 is 2.42 bits per heavy atom. The zero-order valence-electron chi connectivity index (χ0n) is 6.80. The lowest BCUT2D eigenvalue weighted by Gasteiger charge is -2.18. The van der Waals surface area contributed by atoms with Crippen molar-refractivity contribution >= 4 is 50.6 Å². The van der Waals surface area contributed by atoms with Crippen molar-refractivity contribution in [2.75, 3.05) is 5.88 Å². The summed E-state index contributed by atoms with van der Waals surface area (Å²) in [7, 11) is 0. The lowest BCUT2D eigenvalue weighted by molar-refractivity contribution is 0.810. The minimum atomic E-state index is 0.0683. The Kier molecular flexibility index (Phi) is 3.89. The molecule has 0 bridgehead atoms. The number of alkyl halides is 1. The van der Waals surface area contributed by atoms with E-state index in [1.807, 2.05) is 5.38 Å². The number of hydrogen-bond acceptors (Lipinski definition) is 3. The van der Waals surface area contributed by atoms with E-state index in [-0.39, 0.29) is 4.75 Å². The van der Waals surface area contributed by atoms with Crippen LogP contribution in [0.15, 0.2) is 14.3 Å². The lowest BCUT2D eigenvalue weighted by Crippen LogP contribution is -2.15. The van der Waals surface area contributed by atoms with Gasteiger partial charge in [-0.25, -0.2) is 4.98 Å². The summed E-state index contributed by atoms with van der Waals surface area (Å²) >= 11 is 12.5. The SMILES string of the molecule is CC(C)(CCl)Sc1nc(Br)cs1. The van der Waals surface area contributed by atoms with Crippen LogP contribution in [0.5, 0.6) is 0 Å². The van der Waals surface area contributed by atoms with E-state index in [1.165, 1.54) is 0 Å². The highest BCUT2D eigenvalue weighted by Crippen LogP contribution is 2.35. The average molecular weight is 287 g/mol. The number of nitrogens with zero attached hydrogens (tertiary/aromatic N) is 1. The normalized spacial score (nSPS) is 12.0. The van der Waals surface area contributed by atoms with Crippen molar-refractivity contribution in [2.45, 2.75) is 22.9 Å². The Morgan fingerprint density at radius 1 is 1.75 bits per heavy atom. The van der Waals surface area contributed by atoms with Gasteiger partial charge in [0.2, 0.25) is 0 Å². The zero-order valence-corrected chi connectivity index (χ0v) is 10.8. The van der Waals surface area contributed by atoms with E-state index in [2.05, 4.69) is 34.8 Å². The highest BCUT2D eigenvalue weighted by Gasteiger charge is 2.19. The number of hydrogen-bond donors (Lipinski definition) is 0. The molecular weight excluding hydrogens is 278 g/mol. The van der Waals surface area contributed by atoms with E-state index in [4.69, 9.17) is 11.6 Å². The maximum atomic E-state index is 5.79. The third-order valence-corrected chi connectivity index (χ3v) is 4.81. The van der Waals surface area contributed by atoms with Gasteiger partial charge in [0.05, 0.1) is 0 Å². The number of thioether (sulfide) groups is 1. The molecular formula is C7H9BrClNS2. The first-order chi connectivity index (χ1) is 5.53. The molecule has 1 rings (SSSR count). The minimum Gasteiger partial charge on any atom is -0.223 e. The summed E-state index contributed by atoms with van der Waals surface area (Å²) in [4.78, 5) is 4.28. The number of aromatic nitrogens is 1. The topological polar surface area (TPSA) is 12.9 Å². The van der Waals surface area contributed by atoms with Crippen molar-refractivity contribution in [2.24, 2.45) is 0 Å². The number of rotatable bonds is 3. The molecule has 0 aliphatic carbocycles. The first kappa shape index (κ1) is 10.8. The molecule has 0 spiro atoms. The third-order valence-electron chi connectivity index (χ3n) is 1.14. The predicted molar refractivity (Wildman–Crippen MR) is 60.5 cm³/mol. The van der Waals surface area contributed by atoms with Crippen LogP contribution in [-0.2, 0) is 0 Å². The van der Waals surface area contributed by atoms with E-state index >= 15 is 0 Å². The van der Waals surface area contributed by atoms with Gasteiger partial charge in [-0.1, -0.05) is 11.8 Å². The van der Waals surface area contributed by atoms with Crippen LogP contribution in [-0.4, -0.2) is 15.6 Å². The van der Waals surface area contributed by atoms with Gasteiger partial charge in [-0.3, -0.25) is 0 Å². The van der Waals surface area contributed by atoms with Gasteiger partial charge in [-0.15, -0.1) is 22.9 Å². The molecule has 0 aliphatic rings. The molecule has 12 heavy (non-hydrogen) atoms. The highest BCUT2D eigenvalue weighted by molar-refractivity contribution is 9.10. The summed E-state index contributed by atoms with van der Waals surface area (Å²) < 4.78 is 2.03. The van der Waals surface area contributed by atoms with Gasteiger partial charge < -0.3 is 0 Å². The van der Waals surface area contributed by atoms with E-state index in [0.29, 0.717) is 5.88 Å². The standard InChI is InChI=1S/C7H9BrClNS2/c1-7(2,4-9)12-6-10-5(8)3-11-6/h3H,4H2,1-2H3. The molecule has 0 amide bonds. The molecule has 1 aromatic heterocycles. The highest BCUT2D eigenvalue weighted by atomic mass is 79.9. The quantitative estimate of drug-likeness (QED) is 0.615. The molecule has 0 aromatic carbocycles. The largest absolute Gasteiger partial charge is 0.223 e. The van der Waals surface area contributed by atoms with Crippen molar-refractivity contribution in [1.29, 1.82) is 0 Å². The Morgan fingerprint density at radius 3 is 2.83 bits per heavy atom. The van der Waals surface area contributed by atoms with Crippen molar-refractivity contribution in [1.82, 2.24) is 4.98 Å². The summed E-state index contributed by atoms with van der Waals surface area (Å²) in [5.74, 6) is 0.634. The van der Waals surface area contributed by atoms with Gasteiger partial charge in [0.15, 0.2) is 4.34 Å². The molecule has 0 N–H and O–H groups in total. The zero-order chi connectivity index (χ0) is 9.19. The van der Waals surface area contributed by atoms with Crippen LogP contribution in [0.25, 0.3) is 0 Å². The van der Waals surface area contributed by atoms with Crippen LogP contribution >= 0.6 is 50.6 Å². The van der Waals surface area contributed by atoms with Gasteiger partial charge in [0.1, 0.15) is 4.60 Å². The Balaban J connectivity index is 2.63. The summed E-state index contributed by atoms with van der Waals surface area (Å²) in [5.41, 5.74) is 0. The molecule has 0 fully saturated rings. The van der Waals surface area contributed by atoms with Crippen molar-refractivity contribution < 1.29 is 0 Å². The first-order valence-corrected chi connectivity index (χ1v) is 6.42. The van der Waals surface area contributed by atoms with Crippen LogP contribution < -0.4 is 0 Å². The fourth-order valence-corrected chi connectivity index (χ4v) is 3.49. The van der Waals surface area contributed by atoms with E-state index in [0.717, 1.165) is 8.94 Å². The Bertz CT molecular complexity index is 262. The van der Waals surface area contributed by atoms with Crippen molar-refractivity contribution in [3.63, 3.8) is 0 Å². The smallest absolute Gasteiger partial charge is 0.151 e. The fraction of sp³-hybridized carbons (Fsp3) is 0.571. The molecule has 0 atom stereocenters. The van der Waals surface area contributed by atoms with Crippen LogP contribution in [0, 0.1) is 0 Å². The maximum Gasteiger partial charge on any atom is 0.151 e. The van der Waals surface area contributed by atoms with Crippen LogP contribution in [0.1, 0.15) is 13.8 Å². The lowest BCUT2D eigenvalue weighted by atomic mass is 10.2. The van der Waals surface area contributed by atoms with E-state index < -0.39 is 0 Å². The second-order valence-electron chi connectivity index (χ2n) is 2.93. The van der Waals surface area contributed by atoms with Crippen LogP contribution in [0.2, 0.25) is 0 Å². The molecule has 5 heteroatoms. The molecule has 1 nitrogen and oxygen atoms in total. The maximum absolute atomic E-state index is 5.79. The minimum absolute atomic E-state index is 0.0683. The van der Waals surface area contributed by atoms with Gasteiger partial charge in [-0.05, 0) is 29.8 Å². The summed E-state index contributed by atoms with van der Waals surface area (Å²) in [6.07, 6.45) is 0. The molecule has 0 unspecified atom stereocenters. The van der Waals surface area contributed by atoms with Gasteiger partial charge in [0, 0.05) is 16.0 Å². The van der Waals surface area contributed by atoms with Gasteiger partial charge in [-0.2, -0.15) is 0 Å². The summed E-state index contributed by atoms with van der Waals surface area (Å²) in [6.45, 7) is 4.22. The second-order valence-corrected chi connectivity index (χ2v) is 6.82. The van der Waals surface area contributed by atoms with Gasteiger partial charge in [0.25, 0.3) is 0 Å².